The lowest BCUT2D eigenvalue weighted by atomic mass is 10.0. The van der Waals surface area contributed by atoms with E-state index in [-0.39, 0.29) is 0 Å². The number of benzene rings is 4. The van der Waals surface area contributed by atoms with Crippen molar-refractivity contribution < 1.29 is 4.74 Å². The van der Waals surface area contributed by atoms with Gasteiger partial charge in [0.15, 0.2) is 11.5 Å². The lowest BCUT2D eigenvalue weighted by Gasteiger charge is -2.21. The number of para-hydroxylation sites is 4. The van der Waals surface area contributed by atoms with Gasteiger partial charge in [0.25, 0.3) is 0 Å². The molecule has 0 saturated carbocycles. The second-order valence-corrected chi connectivity index (χ2v) is 7.11. The Bertz CT molecular complexity index is 1550. The Balaban J connectivity index is 1.85. The molecule has 3 nitrogen and oxygen atoms in total. The van der Waals surface area contributed by atoms with Gasteiger partial charge >= 0.3 is 0 Å². The van der Waals surface area contributed by atoms with Crippen molar-refractivity contribution in [2.75, 3.05) is 0 Å². The number of H-pyrrole nitrogens is 1. The van der Waals surface area contributed by atoms with Crippen molar-refractivity contribution in [3.05, 3.63) is 78.9 Å². The quantitative estimate of drug-likeness (QED) is 0.333. The molecule has 27 heavy (non-hydrogen) atoms. The van der Waals surface area contributed by atoms with Crippen LogP contribution in [-0.4, -0.2) is 9.55 Å². The number of hydrogen-bond acceptors (Lipinski definition) is 1. The van der Waals surface area contributed by atoms with Crippen LogP contribution < -0.4 is 4.74 Å². The standard InChI is InChI=1S/C24H14N2O/c1-3-9-16-14(7-1)22-17(25-16)13-21-24-23(22)15-8-2-4-10-18(15)26(24)19-11-5-6-12-20(19)27-21/h1-13,25H. The Morgan fingerprint density at radius 1 is 0.667 bits per heavy atom. The fourth-order valence-corrected chi connectivity index (χ4v) is 4.64. The van der Waals surface area contributed by atoms with E-state index in [4.69, 9.17) is 4.74 Å². The summed E-state index contributed by atoms with van der Waals surface area (Å²) >= 11 is 0. The molecule has 2 aromatic heterocycles. The summed E-state index contributed by atoms with van der Waals surface area (Å²) in [6.45, 7) is 0. The number of hydrogen-bond donors (Lipinski definition) is 1. The van der Waals surface area contributed by atoms with Crippen LogP contribution in [0.5, 0.6) is 11.5 Å². The van der Waals surface area contributed by atoms with Gasteiger partial charge in [0.2, 0.25) is 0 Å². The molecule has 126 valence electrons. The lowest BCUT2D eigenvalue weighted by molar-refractivity contribution is 0.477. The zero-order chi connectivity index (χ0) is 17.5. The molecular weight excluding hydrogens is 332 g/mol. The molecule has 7 rings (SSSR count). The molecule has 0 atom stereocenters. The van der Waals surface area contributed by atoms with Gasteiger partial charge < -0.3 is 14.3 Å². The Labute approximate surface area is 154 Å². The first-order valence-corrected chi connectivity index (χ1v) is 9.14. The molecule has 3 heterocycles. The van der Waals surface area contributed by atoms with Crippen LogP contribution in [0.15, 0.2) is 78.9 Å². The number of nitrogens with one attached hydrogen (secondary N) is 1. The molecule has 1 aliphatic rings. The monoisotopic (exact) mass is 346 g/mol. The normalized spacial score (nSPS) is 12.7. The van der Waals surface area contributed by atoms with Gasteiger partial charge in [-0.15, -0.1) is 0 Å². The van der Waals surface area contributed by atoms with Gasteiger partial charge in [0.05, 0.1) is 22.2 Å². The molecule has 6 aromatic rings. The molecule has 1 aliphatic heterocycles. The summed E-state index contributed by atoms with van der Waals surface area (Å²) in [7, 11) is 0. The molecule has 0 radical (unpaired) electrons. The van der Waals surface area contributed by atoms with Gasteiger partial charge in [-0.05, 0) is 24.3 Å². The Hall–Kier alpha value is -3.72. The van der Waals surface area contributed by atoms with Crippen LogP contribution in [-0.2, 0) is 0 Å². The predicted molar refractivity (Wildman–Crippen MR) is 110 cm³/mol. The fraction of sp³-hybridized carbons (Fsp3) is 0. The highest BCUT2D eigenvalue weighted by atomic mass is 16.5. The van der Waals surface area contributed by atoms with E-state index in [0.29, 0.717) is 0 Å². The Morgan fingerprint density at radius 3 is 2.41 bits per heavy atom. The average Bonchev–Trinajstić information content (AvgIpc) is 3.25. The van der Waals surface area contributed by atoms with Crippen LogP contribution in [0.1, 0.15) is 0 Å². The zero-order valence-electron chi connectivity index (χ0n) is 14.4. The largest absolute Gasteiger partial charge is 0.453 e. The van der Waals surface area contributed by atoms with Crippen LogP contribution in [0.3, 0.4) is 0 Å². The van der Waals surface area contributed by atoms with Gasteiger partial charge in [0, 0.05) is 33.1 Å². The van der Waals surface area contributed by atoms with E-state index < -0.39 is 0 Å². The molecule has 0 spiro atoms. The van der Waals surface area contributed by atoms with Crippen LogP contribution in [0, 0.1) is 0 Å². The molecule has 0 amide bonds. The van der Waals surface area contributed by atoms with E-state index in [2.05, 4.69) is 76.3 Å². The summed E-state index contributed by atoms with van der Waals surface area (Å²) in [4.78, 5) is 3.58. The third-order valence-corrected chi connectivity index (χ3v) is 5.69. The predicted octanol–water partition coefficient (Wildman–Crippen LogP) is 6.52. The Kier molecular flexibility index (Phi) is 2.25. The van der Waals surface area contributed by atoms with Crippen molar-refractivity contribution in [2.24, 2.45) is 0 Å². The Morgan fingerprint density at radius 2 is 1.44 bits per heavy atom. The maximum absolute atomic E-state index is 6.34. The fourth-order valence-electron chi connectivity index (χ4n) is 4.64. The second-order valence-electron chi connectivity index (χ2n) is 7.11. The van der Waals surface area contributed by atoms with E-state index in [1.54, 1.807) is 0 Å². The number of ether oxygens (including phenoxy) is 1. The highest BCUT2D eigenvalue weighted by Gasteiger charge is 2.26. The van der Waals surface area contributed by atoms with Gasteiger partial charge in [-0.3, -0.25) is 0 Å². The smallest absolute Gasteiger partial charge is 0.154 e. The molecule has 0 bridgehead atoms. The lowest BCUT2D eigenvalue weighted by Crippen LogP contribution is -2.03. The van der Waals surface area contributed by atoms with E-state index in [1.165, 1.54) is 27.1 Å². The number of rotatable bonds is 0. The van der Waals surface area contributed by atoms with Gasteiger partial charge in [0.1, 0.15) is 0 Å². The first kappa shape index (κ1) is 13.5. The van der Waals surface area contributed by atoms with Crippen molar-refractivity contribution in [2.45, 2.75) is 0 Å². The van der Waals surface area contributed by atoms with Gasteiger partial charge in [-0.2, -0.15) is 0 Å². The highest BCUT2D eigenvalue weighted by molar-refractivity contribution is 6.29. The highest BCUT2D eigenvalue weighted by Crippen LogP contribution is 2.49. The number of aromatic amines is 1. The van der Waals surface area contributed by atoms with Crippen molar-refractivity contribution >= 4 is 43.6 Å². The number of aromatic nitrogens is 2. The third-order valence-electron chi connectivity index (χ3n) is 5.69. The molecule has 0 saturated heterocycles. The van der Waals surface area contributed by atoms with Crippen molar-refractivity contribution in [3.8, 4) is 17.2 Å². The summed E-state index contributed by atoms with van der Waals surface area (Å²) in [5.41, 5.74) is 5.71. The van der Waals surface area contributed by atoms with Crippen LogP contribution >= 0.6 is 0 Å². The molecule has 4 aromatic carbocycles. The first-order chi connectivity index (χ1) is 13.4. The van der Waals surface area contributed by atoms with Crippen molar-refractivity contribution in [1.29, 1.82) is 0 Å². The maximum atomic E-state index is 6.34. The summed E-state index contributed by atoms with van der Waals surface area (Å²) in [6.07, 6.45) is 0. The van der Waals surface area contributed by atoms with Crippen molar-refractivity contribution in [1.82, 2.24) is 9.55 Å². The molecule has 1 N–H and O–H groups in total. The maximum Gasteiger partial charge on any atom is 0.154 e. The topological polar surface area (TPSA) is 29.9 Å². The van der Waals surface area contributed by atoms with Crippen molar-refractivity contribution in [3.63, 3.8) is 0 Å². The molecule has 3 heteroatoms. The zero-order valence-corrected chi connectivity index (χ0v) is 14.4. The van der Waals surface area contributed by atoms with E-state index in [1.807, 2.05) is 12.1 Å². The van der Waals surface area contributed by atoms with E-state index in [9.17, 15) is 0 Å². The summed E-state index contributed by atoms with van der Waals surface area (Å²) in [6, 6.07) is 27.5. The minimum atomic E-state index is 0.892. The SMILES string of the molecule is c1ccc2c(c1)Oc1cc3[nH]c4ccccc4c3c3c4ccccc4n-2c13. The van der Waals surface area contributed by atoms with Crippen LogP contribution in [0.2, 0.25) is 0 Å². The summed E-state index contributed by atoms with van der Waals surface area (Å²) in [5.74, 6) is 1.79. The second kappa shape index (κ2) is 4.51. The van der Waals surface area contributed by atoms with E-state index in [0.717, 1.165) is 33.7 Å². The summed E-state index contributed by atoms with van der Waals surface area (Å²) < 4.78 is 8.69. The van der Waals surface area contributed by atoms with Crippen LogP contribution in [0.4, 0.5) is 0 Å². The number of fused-ring (bicyclic) bond motifs is 9. The van der Waals surface area contributed by atoms with Crippen LogP contribution in [0.25, 0.3) is 49.3 Å². The number of nitrogens with zero attached hydrogens (tertiary/aromatic N) is 1. The third kappa shape index (κ3) is 1.53. The molecule has 0 aliphatic carbocycles. The van der Waals surface area contributed by atoms with E-state index >= 15 is 0 Å². The minimum absolute atomic E-state index is 0.892. The molecular formula is C24H14N2O. The molecule has 0 unspecified atom stereocenters. The minimum Gasteiger partial charge on any atom is -0.453 e. The van der Waals surface area contributed by atoms with Gasteiger partial charge in [-0.1, -0.05) is 48.5 Å². The summed E-state index contributed by atoms with van der Waals surface area (Å²) in [5, 5.41) is 5.03. The van der Waals surface area contributed by atoms with Gasteiger partial charge in [-0.25, -0.2) is 0 Å². The first-order valence-electron chi connectivity index (χ1n) is 9.14. The molecule has 0 fully saturated rings. The average molecular weight is 346 g/mol.